The molecule has 2 aliphatic rings. The molecule has 100 valence electrons. The van der Waals surface area contributed by atoms with E-state index in [4.69, 9.17) is 10.1 Å². The molecule has 4 nitrogen and oxygen atoms in total. The van der Waals surface area contributed by atoms with Crippen LogP contribution in [0.1, 0.15) is 70.2 Å². The number of aromatic nitrogens is 3. The quantitative estimate of drug-likeness (QED) is 0.807. The first-order valence-corrected chi connectivity index (χ1v) is 7.38. The topological polar surface area (TPSA) is 34.0 Å². The normalized spacial score (nSPS) is 28.9. The van der Waals surface area contributed by atoms with Crippen LogP contribution in [0.15, 0.2) is 0 Å². The molecule has 18 heavy (non-hydrogen) atoms. The smallest absolute Gasteiger partial charge is 0.168 e. The van der Waals surface area contributed by atoms with E-state index in [1.54, 1.807) is 0 Å². The van der Waals surface area contributed by atoms with Crippen molar-refractivity contribution in [1.29, 1.82) is 0 Å². The summed E-state index contributed by atoms with van der Waals surface area (Å²) >= 11 is 0. The van der Waals surface area contributed by atoms with Gasteiger partial charge in [0, 0.05) is 12.5 Å². The van der Waals surface area contributed by atoms with E-state index in [1.807, 2.05) is 0 Å². The van der Waals surface area contributed by atoms with Crippen molar-refractivity contribution in [3.05, 3.63) is 11.6 Å². The Hall–Kier alpha value is -0.900. The lowest BCUT2D eigenvalue weighted by atomic mass is 10.1. The molecule has 1 fully saturated rings. The summed E-state index contributed by atoms with van der Waals surface area (Å²) in [6, 6.07) is 1.58. The Labute approximate surface area is 109 Å². The van der Waals surface area contributed by atoms with E-state index >= 15 is 0 Å². The minimum absolute atomic E-state index is 0.454. The maximum atomic E-state index is 4.83. The summed E-state index contributed by atoms with van der Waals surface area (Å²) in [6.45, 7) is 8.01. The molecule has 0 amide bonds. The number of hydrogen-bond acceptors (Lipinski definition) is 3. The second-order valence-electron chi connectivity index (χ2n) is 6.06. The van der Waals surface area contributed by atoms with E-state index in [0.29, 0.717) is 18.1 Å². The van der Waals surface area contributed by atoms with Gasteiger partial charge in [0.25, 0.3) is 0 Å². The largest absolute Gasteiger partial charge is 0.291 e. The molecule has 0 radical (unpaired) electrons. The molecular weight excluding hydrogens is 224 g/mol. The molecule has 0 N–H and O–H groups in total. The Morgan fingerprint density at radius 1 is 1.22 bits per heavy atom. The predicted molar refractivity (Wildman–Crippen MR) is 71.5 cm³/mol. The summed E-state index contributed by atoms with van der Waals surface area (Å²) in [5, 5.41) is 4.81. The minimum atomic E-state index is 0.454. The lowest BCUT2D eigenvalue weighted by molar-refractivity contribution is 0.198. The molecule has 2 unspecified atom stereocenters. The van der Waals surface area contributed by atoms with Crippen LogP contribution in [0.3, 0.4) is 0 Å². The van der Waals surface area contributed by atoms with Crippen molar-refractivity contribution in [3.63, 3.8) is 0 Å². The predicted octanol–water partition coefficient (Wildman–Crippen LogP) is 2.72. The Balaban J connectivity index is 1.88. The van der Waals surface area contributed by atoms with Crippen molar-refractivity contribution in [2.75, 3.05) is 6.54 Å². The van der Waals surface area contributed by atoms with Gasteiger partial charge in [0.15, 0.2) is 5.82 Å². The third-order valence-electron chi connectivity index (χ3n) is 4.41. The second-order valence-corrected chi connectivity index (χ2v) is 6.06. The number of fused-ring (bicyclic) bond motifs is 1. The first-order chi connectivity index (χ1) is 8.66. The Kier molecular flexibility index (Phi) is 3.14. The first kappa shape index (κ1) is 12.2. The van der Waals surface area contributed by atoms with E-state index in [1.165, 1.54) is 38.1 Å². The van der Waals surface area contributed by atoms with Crippen molar-refractivity contribution in [2.24, 2.45) is 0 Å². The van der Waals surface area contributed by atoms with Gasteiger partial charge in [-0.1, -0.05) is 0 Å². The Bertz CT molecular complexity index is 423. The fourth-order valence-electron chi connectivity index (χ4n) is 3.40. The molecule has 0 spiro atoms. The monoisotopic (exact) mass is 248 g/mol. The summed E-state index contributed by atoms with van der Waals surface area (Å²) in [7, 11) is 0. The van der Waals surface area contributed by atoms with E-state index in [9.17, 15) is 0 Å². The molecule has 3 heterocycles. The van der Waals surface area contributed by atoms with Gasteiger partial charge in [-0.25, -0.2) is 9.67 Å². The van der Waals surface area contributed by atoms with Gasteiger partial charge in [0.2, 0.25) is 0 Å². The average molecular weight is 248 g/mol. The van der Waals surface area contributed by atoms with Crippen molar-refractivity contribution in [3.8, 4) is 0 Å². The van der Waals surface area contributed by atoms with Crippen molar-refractivity contribution in [2.45, 2.75) is 71.0 Å². The highest BCUT2D eigenvalue weighted by atomic mass is 15.4. The second kappa shape index (κ2) is 4.65. The van der Waals surface area contributed by atoms with Crippen LogP contribution in [0.2, 0.25) is 0 Å². The van der Waals surface area contributed by atoms with Crippen LogP contribution >= 0.6 is 0 Å². The number of nitrogens with zero attached hydrogens (tertiary/aromatic N) is 4. The van der Waals surface area contributed by atoms with Crippen LogP contribution in [0, 0.1) is 0 Å². The highest BCUT2D eigenvalue weighted by Gasteiger charge is 2.32. The molecule has 0 aliphatic carbocycles. The maximum Gasteiger partial charge on any atom is 0.168 e. The van der Waals surface area contributed by atoms with Crippen LogP contribution in [0.25, 0.3) is 0 Å². The number of aryl methyl sites for hydroxylation is 1. The summed E-state index contributed by atoms with van der Waals surface area (Å²) in [5.41, 5.74) is 0. The molecule has 0 bridgehead atoms. The lowest BCUT2D eigenvalue weighted by Crippen LogP contribution is -2.30. The number of rotatable bonds is 2. The van der Waals surface area contributed by atoms with Crippen LogP contribution in [-0.2, 0) is 6.42 Å². The van der Waals surface area contributed by atoms with Gasteiger partial charge in [0.05, 0.1) is 12.1 Å². The molecule has 1 aromatic rings. The van der Waals surface area contributed by atoms with E-state index in [0.717, 1.165) is 12.2 Å². The average Bonchev–Trinajstić information content (AvgIpc) is 2.95. The van der Waals surface area contributed by atoms with E-state index < -0.39 is 0 Å². The third-order valence-corrected chi connectivity index (χ3v) is 4.41. The fraction of sp³-hybridized carbons (Fsp3) is 0.857. The van der Waals surface area contributed by atoms with Crippen molar-refractivity contribution >= 4 is 0 Å². The Morgan fingerprint density at radius 2 is 2.06 bits per heavy atom. The van der Waals surface area contributed by atoms with Gasteiger partial charge in [-0.15, -0.1) is 0 Å². The SMILES string of the molecule is CC(C)N1CCCC1c1nc2n(n1)C(C)CCC2. The molecule has 2 atom stereocenters. The first-order valence-electron chi connectivity index (χ1n) is 7.38. The van der Waals surface area contributed by atoms with Gasteiger partial charge < -0.3 is 0 Å². The van der Waals surface area contributed by atoms with Crippen LogP contribution in [0.4, 0.5) is 0 Å². The molecule has 1 saturated heterocycles. The molecule has 1 aromatic heterocycles. The zero-order valence-corrected chi connectivity index (χ0v) is 11.8. The number of hydrogen-bond donors (Lipinski definition) is 0. The third kappa shape index (κ3) is 1.96. The summed E-state index contributed by atoms with van der Waals surface area (Å²) in [5.74, 6) is 2.28. The zero-order chi connectivity index (χ0) is 12.7. The summed E-state index contributed by atoms with van der Waals surface area (Å²) in [4.78, 5) is 7.37. The fourth-order valence-corrected chi connectivity index (χ4v) is 3.40. The van der Waals surface area contributed by atoms with Crippen molar-refractivity contribution < 1.29 is 0 Å². The van der Waals surface area contributed by atoms with Crippen LogP contribution in [0.5, 0.6) is 0 Å². The minimum Gasteiger partial charge on any atom is -0.291 e. The van der Waals surface area contributed by atoms with Gasteiger partial charge >= 0.3 is 0 Å². The highest BCUT2D eigenvalue weighted by molar-refractivity contribution is 5.04. The standard InChI is InChI=1S/C14H24N4/c1-10(2)17-9-5-7-12(17)14-15-13-8-4-6-11(3)18(13)16-14/h10-12H,4-9H2,1-3H3. The van der Waals surface area contributed by atoms with Crippen LogP contribution < -0.4 is 0 Å². The van der Waals surface area contributed by atoms with Gasteiger partial charge in [0.1, 0.15) is 5.82 Å². The maximum absolute atomic E-state index is 4.83. The lowest BCUT2D eigenvalue weighted by Gasteiger charge is -2.26. The van der Waals surface area contributed by atoms with Gasteiger partial charge in [-0.3, -0.25) is 4.90 Å². The molecule has 2 aliphatic heterocycles. The number of likely N-dealkylation sites (tertiary alicyclic amines) is 1. The zero-order valence-electron chi connectivity index (χ0n) is 11.8. The molecule has 3 rings (SSSR count). The van der Waals surface area contributed by atoms with E-state index in [-0.39, 0.29) is 0 Å². The Morgan fingerprint density at radius 3 is 2.78 bits per heavy atom. The molecule has 4 heteroatoms. The van der Waals surface area contributed by atoms with Crippen LogP contribution in [-0.4, -0.2) is 32.3 Å². The summed E-state index contributed by atoms with van der Waals surface area (Å²) < 4.78 is 2.18. The van der Waals surface area contributed by atoms with Crippen molar-refractivity contribution in [1.82, 2.24) is 19.7 Å². The molecular formula is C14H24N4. The van der Waals surface area contributed by atoms with Gasteiger partial charge in [-0.05, 0) is 53.0 Å². The molecule has 0 aromatic carbocycles. The highest BCUT2D eigenvalue weighted by Crippen LogP contribution is 2.33. The summed E-state index contributed by atoms with van der Waals surface area (Å²) in [6.07, 6.45) is 6.11. The van der Waals surface area contributed by atoms with Gasteiger partial charge in [-0.2, -0.15) is 5.10 Å². The molecule has 0 saturated carbocycles. The van der Waals surface area contributed by atoms with E-state index in [2.05, 4.69) is 30.4 Å².